The summed E-state index contributed by atoms with van der Waals surface area (Å²) in [4.78, 5) is 14.5. The molecule has 124 valence electrons. The van der Waals surface area contributed by atoms with Gasteiger partial charge in [-0.1, -0.05) is 11.6 Å². The van der Waals surface area contributed by atoms with Crippen LogP contribution in [-0.2, 0) is 6.18 Å². The van der Waals surface area contributed by atoms with Crippen molar-refractivity contribution in [3.63, 3.8) is 0 Å². The van der Waals surface area contributed by atoms with Gasteiger partial charge in [0.05, 0.1) is 16.3 Å². The molecular weight excluding hydrogens is 349 g/mol. The molecule has 2 heterocycles. The second-order valence-corrected chi connectivity index (χ2v) is 4.80. The fraction of sp³-hybridized carbons (Fsp3) is 0.250. The van der Waals surface area contributed by atoms with Crippen LogP contribution in [0, 0.1) is 6.92 Å². The summed E-state index contributed by atoms with van der Waals surface area (Å²) in [5, 5.41) is 12.0. The number of alkyl halides is 5. The van der Waals surface area contributed by atoms with Crippen LogP contribution in [0.5, 0.6) is 0 Å². The normalized spacial score (nSPS) is 12.0. The number of nitrogens with zero attached hydrogens (tertiary/aromatic N) is 3. The van der Waals surface area contributed by atoms with E-state index in [0.717, 1.165) is 0 Å². The first-order valence-corrected chi connectivity index (χ1v) is 6.26. The third-order valence-electron chi connectivity index (χ3n) is 2.87. The molecule has 1 N–H and O–H groups in total. The molecule has 0 aliphatic rings. The van der Waals surface area contributed by atoms with Crippen molar-refractivity contribution in [3.05, 3.63) is 39.8 Å². The van der Waals surface area contributed by atoms with Crippen LogP contribution in [0.4, 0.5) is 22.0 Å². The summed E-state index contributed by atoms with van der Waals surface area (Å²) in [5.74, 6) is -2.17. The van der Waals surface area contributed by atoms with Crippen molar-refractivity contribution in [1.82, 2.24) is 14.8 Å². The molecule has 0 spiro atoms. The number of aromatic carboxylic acids is 1. The summed E-state index contributed by atoms with van der Waals surface area (Å²) >= 11 is 5.67. The van der Waals surface area contributed by atoms with Gasteiger partial charge in [-0.2, -0.15) is 18.3 Å². The number of aromatic nitrogens is 3. The Labute approximate surface area is 130 Å². The summed E-state index contributed by atoms with van der Waals surface area (Å²) in [6.07, 6.45) is -7.57. The molecule has 0 bridgehead atoms. The molecule has 0 aromatic carbocycles. The number of halogens is 6. The van der Waals surface area contributed by atoms with E-state index in [-0.39, 0.29) is 5.69 Å². The minimum Gasteiger partial charge on any atom is -0.478 e. The molecular formula is C12H7ClF5N3O2. The Hall–Kier alpha value is -2.23. The highest BCUT2D eigenvalue weighted by atomic mass is 35.5. The highest BCUT2D eigenvalue weighted by Crippen LogP contribution is 2.34. The SMILES string of the molecule is Cc1nn(-c2ncc(C(F)(F)F)cc2Cl)c(C(F)F)c1C(=O)O. The van der Waals surface area contributed by atoms with Gasteiger partial charge in [-0.05, 0) is 13.0 Å². The first kappa shape index (κ1) is 17.1. The van der Waals surface area contributed by atoms with Crippen LogP contribution in [0.1, 0.15) is 33.7 Å². The summed E-state index contributed by atoms with van der Waals surface area (Å²) < 4.78 is 64.5. The number of rotatable bonds is 3. The number of carboxylic acids is 1. The second kappa shape index (κ2) is 5.76. The van der Waals surface area contributed by atoms with Gasteiger partial charge in [-0.3, -0.25) is 0 Å². The number of carboxylic acid groups (broad SMARTS) is 1. The maximum absolute atomic E-state index is 13.2. The summed E-state index contributed by atoms with van der Waals surface area (Å²) in [7, 11) is 0. The quantitative estimate of drug-likeness (QED) is 0.848. The molecule has 2 rings (SSSR count). The highest BCUT2D eigenvalue weighted by Gasteiger charge is 2.33. The van der Waals surface area contributed by atoms with Gasteiger partial charge >= 0.3 is 12.1 Å². The van der Waals surface area contributed by atoms with Gasteiger partial charge in [-0.25, -0.2) is 23.2 Å². The number of pyridine rings is 1. The number of hydrogen-bond donors (Lipinski definition) is 1. The first-order chi connectivity index (χ1) is 10.5. The predicted molar refractivity (Wildman–Crippen MR) is 68.0 cm³/mol. The molecule has 2 aromatic heterocycles. The second-order valence-electron chi connectivity index (χ2n) is 4.39. The monoisotopic (exact) mass is 355 g/mol. The lowest BCUT2D eigenvalue weighted by atomic mass is 10.2. The molecule has 0 saturated heterocycles. The van der Waals surface area contributed by atoms with Gasteiger partial charge < -0.3 is 5.11 Å². The van der Waals surface area contributed by atoms with E-state index in [4.69, 9.17) is 16.7 Å². The Kier molecular flexibility index (Phi) is 4.29. The standard InChI is InChI=1S/C12H7ClF5N3O2/c1-4-7(11(22)23)8(9(14)15)21(20-4)10-6(13)2-5(3-19-10)12(16,17)18/h2-3,9H,1H3,(H,22,23). The van der Waals surface area contributed by atoms with Crippen molar-refractivity contribution < 1.29 is 31.9 Å². The zero-order valence-electron chi connectivity index (χ0n) is 11.2. The van der Waals surface area contributed by atoms with Crippen molar-refractivity contribution >= 4 is 17.6 Å². The van der Waals surface area contributed by atoms with Gasteiger partial charge in [0.25, 0.3) is 6.43 Å². The molecule has 0 aliphatic carbocycles. The van der Waals surface area contributed by atoms with Crippen LogP contribution in [0.15, 0.2) is 12.3 Å². The largest absolute Gasteiger partial charge is 0.478 e. The van der Waals surface area contributed by atoms with Gasteiger partial charge in [0.15, 0.2) is 5.82 Å². The topological polar surface area (TPSA) is 68.0 Å². The van der Waals surface area contributed by atoms with Crippen molar-refractivity contribution in [1.29, 1.82) is 0 Å². The fourth-order valence-corrected chi connectivity index (χ4v) is 2.16. The molecule has 0 aliphatic heterocycles. The zero-order valence-corrected chi connectivity index (χ0v) is 12.0. The van der Waals surface area contributed by atoms with Gasteiger partial charge in [0.1, 0.15) is 11.3 Å². The number of aryl methyl sites for hydroxylation is 1. The Morgan fingerprint density at radius 3 is 2.43 bits per heavy atom. The lowest BCUT2D eigenvalue weighted by molar-refractivity contribution is -0.137. The average Bonchev–Trinajstić information content (AvgIpc) is 2.75. The molecule has 0 radical (unpaired) electrons. The van der Waals surface area contributed by atoms with E-state index in [1.54, 1.807) is 0 Å². The number of hydrogen-bond acceptors (Lipinski definition) is 3. The van der Waals surface area contributed by atoms with Crippen LogP contribution >= 0.6 is 11.6 Å². The van der Waals surface area contributed by atoms with E-state index in [2.05, 4.69) is 10.1 Å². The van der Waals surface area contributed by atoms with Crippen molar-refractivity contribution in [2.75, 3.05) is 0 Å². The van der Waals surface area contributed by atoms with E-state index in [9.17, 15) is 26.7 Å². The van der Waals surface area contributed by atoms with Crippen molar-refractivity contribution in [2.45, 2.75) is 19.5 Å². The smallest absolute Gasteiger partial charge is 0.417 e. The summed E-state index contributed by atoms with van der Waals surface area (Å²) in [5.41, 5.74) is -3.18. The Morgan fingerprint density at radius 2 is 2.00 bits per heavy atom. The lowest BCUT2D eigenvalue weighted by Crippen LogP contribution is -2.11. The molecule has 2 aromatic rings. The van der Waals surface area contributed by atoms with Crippen LogP contribution in [0.25, 0.3) is 5.82 Å². The minimum absolute atomic E-state index is 0.245. The highest BCUT2D eigenvalue weighted by molar-refractivity contribution is 6.32. The zero-order chi connectivity index (χ0) is 17.5. The number of carbonyl (C=O) groups is 1. The minimum atomic E-state index is -4.72. The summed E-state index contributed by atoms with van der Waals surface area (Å²) in [6.45, 7) is 1.17. The fourth-order valence-electron chi connectivity index (χ4n) is 1.91. The van der Waals surface area contributed by atoms with E-state index < -0.39 is 46.2 Å². The third kappa shape index (κ3) is 3.11. The molecule has 0 fully saturated rings. The van der Waals surface area contributed by atoms with E-state index in [1.807, 2.05) is 0 Å². The van der Waals surface area contributed by atoms with E-state index >= 15 is 0 Å². The first-order valence-electron chi connectivity index (χ1n) is 5.88. The van der Waals surface area contributed by atoms with Crippen LogP contribution < -0.4 is 0 Å². The predicted octanol–water partition coefficient (Wildman–Crippen LogP) is 3.88. The summed E-state index contributed by atoms with van der Waals surface area (Å²) in [6, 6.07) is 0.497. The Balaban J connectivity index is 2.68. The maximum atomic E-state index is 13.2. The van der Waals surface area contributed by atoms with Gasteiger partial charge in [0.2, 0.25) is 0 Å². The van der Waals surface area contributed by atoms with Crippen molar-refractivity contribution in [3.8, 4) is 5.82 Å². The molecule has 0 amide bonds. The van der Waals surface area contributed by atoms with Crippen LogP contribution in [0.3, 0.4) is 0 Å². The Morgan fingerprint density at radius 1 is 1.39 bits per heavy atom. The van der Waals surface area contributed by atoms with Crippen LogP contribution in [0.2, 0.25) is 5.02 Å². The van der Waals surface area contributed by atoms with Crippen LogP contribution in [-0.4, -0.2) is 25.8 Å². The molecule has 5 nitrogen and oxygen atoms in total. The van der Waals surface area contributed by atoms with Gasteiger partial charge in [0, 0.05) is 6.20 Å². The maximum Gasteiger partial charge on any atom is 0.417 e. The van der Waals surface area contributed by atoms with Gasteiger partial charge in [-0.15, -0.1) is 0 Å². The van der Waals surface area contributed by atoms with E-state index in [0.29, 0.717) is 16.9 Å². The average molecular weight is 356 g/mol. The molecule has 0 saturated carbocycles. The molecule has 0 unspecified atom stereocenters. The van der Waals surface area contributed by atoms with E-state index in [1.165, 1.54) is 6.92 Å². The molecule has 11 heteroatoms. The molecule has 23 heavy (non-hydrogen) atoms. The Bertz CT molecular complexity index is 773. The lowest BCUT2D eigenvalue weighted by Gasteiger charge is -2.11. The van der Waals surface area contributed by atoms with Crippen molar-refractivity contribution in [2.24, 2.45) is 0 Å². The third-order valence-corrected chi connectivity index (χ3v) is 3.14. The molecule has 0 atom stereocenters.